The summed E-state index contributed by atoms with van der Waals surface area (Å²) in [5, 5.41) is 8.43. The largest absolute Gasteiger partial charge is 0.480 e. The summed E-state index contributed by atoms with van der Waals surface area (Å²) in [5.41, 5.74) is 6.80. The molecule has 1 unspecified atom stereocenters. The number of nitrogens with one attached hydrogen (secondary N) is 1. The summed E-state index contributed by atoms with van der Waals surface area (Å²) in [6, 6.07) is 6.17. The molecule has 0 amide bonds. The van der Waals surface area contributed by atoms with E-state index in [1.165, 1.54) is 0 Å². The van der Waals surface area contributed by atoms with Gasteiger partial charge in [0.2, 0.25) is 10.0 Å². The van der Waals surface area contributed by atoms with Gasteiger partial charge in [-0.3, -0.25) is 4.79 Å². The van der Waals surface area contributed by atoms with Crippen molar-refractivity contribution in [1.29, 1.82) is 0 Å². The van der Waals surface area contributed by atoms with E-state index in [0.29, 0.717) is 11.3 Å². The van der Waals surface area contributed by atoms with Crippen LogP contribution in [0.25, 0.3) is 0 Å². The first kappa shape index (κ1) is 13.5. The van der Waals surface area contributed by atoms with Crippen LogP contribution >= 0.6 is 0 Å². The highest BCUT2D eigenvalue weighted by Gasteiger charge is 2.19. The van der Waals surface area contributed by atoms with Gasteiger partial charge >= 0.3 is 5.97 Å². The van der Waals surface area contributed by atoms with Gasteiger partial charge in [-0.2, -0.15) is 0 Å². The van der Waals surface area contributed by atoms with Crippen molar-refractivity contribution in [3.05, 3.63) is 29.8 Å². The zero-order valence-electron chi connectivity index (χ0n) is 9.25. The average molecular weight is 258 g/mol. The van der Waals surface area contributed by atoms with E-state index in [1.807, 2.05) is 0 Å². The van der Waals surface area contributed by atoms with Crippen LogP contribution in [-0.4, -0.2) is 25.2 Å². The second-order valence-electron chi connectivity index (χ2n) is 3.66. The van der Waals surface area contributed by atoms with E-state index in [1.54, 1.807) is 31.2 Å². The lowest BCUT2D eigenvalue weighted by Crippen LogP contribution is -2.32. The Kier molecular flexibility index (Phi) is 4.08. The van der Waals surface area contributed by atoms with Crippen molar-refractivity contribution in [3.8, 4) is 0 Å². The number of aliphatic carboxylic acids is 1. The van der Waals surface area contributed by atoms with Gasteiger partial charge in [0.25, 0.3) is 0 Å². The van der Waals surface area contributed by atoms with E-state index in [-0.39, 0.29) is 0 Å². The number of benzene rings is 1. The highest BCUT2D eigenvalue weighted by atomic mass is 32.2. The third-order valence-corrected chi connectivity index (χ3v) is 3.45. The van der Waals surface area contributed by atoms with Crippen LogP contribution in [0.15, 0.2) is 24.3 Å². The minimum atomic E-state index is -3.82. The fourth-order valence-electron chi connectivity index (χ4n) is 1.33. The second kappa shape index (κ2) is 5.15. The summed E-state index contributed by atoms with van der Waals surface area (Å²) in [5.74, 6) is -2.33. The number of sulfonamides is 1. The maximum atomic E-state index is 11.4. The normalized spacial score (nSPS) is 13.2. The molecule has 1 aromatic carbocycles. The highest BCUT2D eigenvalue weighted by Crippen LogP contribution is 2.15. The number of carboxylic acids is 1. The maximum absolute atomic E-state index is 11.4. The number of rotatable bonds is 5. The minimum Gasteiger partial charge on any atom is -0.480 e. The third kappa shape index (κ3) is 4.41. The van der Waals surface area contributed by atoms with Crippen molar-refractivity contribution in [3.63, 3.8) is 0 Å². The first-order valence-electron chi connectivity index (χ1n) is 4.87. The van der Waals surface area contributed by atoms with E-state index in [0.717, 1.165) is 0 Å². The molecule has 0 saturated carbocycles. The van der Waals surface area contributed by atoms with Gasteiger partial charge < -0.3 is 10.8 Å². The van der Waals surface area contributed by atoms with Gasteiger partial charge in [0, 0.05) is 11.7 Å². The van der Waals surface area contributed by atoms with Crippen LogP contribution in [-0.2, 0) is 14.8 Å². The summed E-state index contributed by atoms with van der Waals surface area (Å²) >= 11 is 0. The molecule has 94 valence electrons. The van der Waals surface area contributed by atoms with Crippen LogP contribution < -0.4 is 10.5 Å². The predicted molar refractivity (Wildman–Crippen MR) is 63.8 cm³/mol. The van der Waals surface area contributed by atoms with E-state index in [9.17, 15) is 13.2 Å². The molecule has 1 aromatic rings. The molecule has 0 aliphatic heterocycles. The zero-order chi connectivity index (χ0) is 13.1. The Balaban J connectivity index is 2.75. The van der Waals surface area contributed by atoms with Gasteiger partial charge in [-0.15, -0.1) is 0 Å². The van der Waals surface area contributed by atoms with Gasteiger partial charge in [-0.05, 0) is 24.6 Å². The van der Waals surface area contributed by atoms with E-state index in [4.69, 9.17) is 10.8 Å². The molecule has 0 spiro atoms. The Labute approximate surface area is 99.5 Å². The summed E-state index contributed by atoms with van der Waals surface area (Å²) in [6.45, 7) is 1.63. The summed E-state index contributed by atoms with van der Waals surface area (Å²) in [6.07, 6.45) is 0. The van der Waals surface area contributed by atoms with Gasteiger partial charge in [0.1, 0.15) is 0 Å². The molecular weight excluding hydrogens is 244 g/mol. The number of nitrogen functional groups attached to an aromatic ring is 1. The topological polar surface area (TPSA) is 109 Å². The monoisotopic (exact) mass is 258 g/mol. The minimum absolute atomic E-state index is 0.500. The second-order valence-corrected chi connectivity index (χ2v) is 5.41. The maximum Gasteiger partial charge on any atom is 0.320 e. The van der Waals surface area contributed by atoms with E-state index >= 15 is 0 Å². The molecule has 0 aromatic heterocycles. The average Bonchev–Trinajstić information content (AvgIpc) is 2.15. The van der Waals surface area contributed by atoms with Crippen molar-refractivity contribution in [2.45, 2.75) is 13.0 Å². The number of carboxylic acid groups (broad SMARTS) is 1. The highest BCUT2D eigenvalue weighted by molar-refractivity contribution is 7.90. The van der Waals surface area contributed by atoms with Crippen molar-refractivity contribution in [1.82, 2.24) is 4.72 Å². The molecule has 0 heterocycles. The quantitative estimate of drug-likeness (QED) is 0.659. The number of carbonyl (C=O) groups is 1. The molecule has 7 heteroatoms. The molecular formula is C10H14N2O4S. The number of hydrogen-bond acceptors (Lipinski definition) is 4. The first-order chi connectivity index (χ1) is 7.80. The molecule has 0 bridgehead atoms. The Morgan fingerprint density at radius 1 is 1.41 bits per heavy atom. The smallest absolute Gasteiger partial charge is 0.320 e. The molecule has 0 fully saturated rings. The molecule has 0 saturated heterocycles. The number of nitrogens with two attached hydrogens (primary N) is 1. The van der Waals surface area contributed by atoms with Gasteiger partial charge in [-0.1, -0.05) is 12.1 Å². The first-order valence-corrected chi connectivity index (χ1v) is 6.52. The molecule has 0 aliphatic rings. The number of hydrogen-bond donors (Lipinski definition) is 3. The van der Waals surface area contributed by atoms with Gasteiger partial charge in [0.15, 0.2) is 5.75 Å². The predicted octanol–water partition coefficient (Wildman–Crippen LogP) is 0.334. The lowest BCUT2D eigenvalue weighted by molar-refractivity contribution is -0.134. The fourth-order valence-corrected chi connectivity index (χ4v) is 2.41. The van der Waals surface area contributed by atoms with Crippen LogP contribution in [0.3, 0.4) is 0 Å². The van der Waals surface area contributed by atoms with Crippen LogP contribution in [0.2, 0.25) is 0 Å². The van der Waals surface area contributed by atoms with Crippen molar-refractivity contribution < 1.29 is 18.3 Å². The van der Waals surface area contributed by atoms with Gasteiger partial charge in [0.05, 0.1) is 0 Å². The van der Waals surface area contributed by atoms with Crippen LogP contribution in [0.1, 0.15) is 18.5 Å². The van der Waals surface area contributed by atoms with Crippen LogP contribution in [0.5, 0.6) is 0 Å². The Morgan fingerprint density at radius 3 is 2.41 bits per heavy atom. The Bertz CT molecular complexity index is 496. The van der Waals surface area contributed by atoms with Crippen molar-refractivity contribution in [2.24, 2.45) is 0 Å². The molecule has 0 aliphatic carbocycles. The third-order valence-electron chi connectivity index (χ3n) is 2.11. The van der Waals surface area contributed by atoms with Crippen LogP contribution in [0.4, 0.5) is 5.69 Å². The Hall–Kier alpha value is -1.60. The van der Waals surface area contributed by atoms with Crippen molar-refractivity contribution >= 4 is 21.7 Å². The SMILES string of the molecule is CC(NS(=O)(=O)CC(=O)O)c1ccc(N)cc1. The molecule has 1 rings (SSSR count). The zero-order valence-corrected chi connectivity index (χ0v) is 10.1. The molecule has 1 atom stereocenters. The van der Waals surface area contributed by atoms with Crippen molar-refractivity contribution in [2.75, 3.05) is 11.5 Å². The molecule has 4 N–H and O–H groups in total. The Morgan fingerprint density at radius 2 is 1.94 bits per heavy atom. The summed E-state index contributed by atoms with van der Waals surface area (Å²) < 4.78 is 25.0. The lowest BCUT2D eigenvalue weighted by atomic mass is 10.1. The van der Waals surface area contributed by atoms with E-state index < -0.39 is 27.8 Å². The van der Waals surface area contributed by atoms with E-state index in [2.05, 4.69) is 4.72 Å². The van der Waals surface area contributed by atoms with Gasteiger partial charge in [-0.25, -0.2) is 13.1 Å². The lowest BCUT2D eigenvalue weighted by Gasteiger charge is -2.13. The summed E-state index contributed by atoms with van der Waals surface area (Å²) in [7, 11) is -3.82. The fraction of sp³-hybridized carbons (Fsp3) is 0.300. The summed E-state index contributed by atoms with van der Waals surface area (Å²) in [4.78, 5) is 10.3. The molecule has 17 heavy (non-hydrogen) atoms. The standard InChI is InChI=1S/C10H14N2O4S/c1-7(8-2-4-9(11)5-3-8)12-17(15,16)6-10(13)14/h2-5,7,12H,6,11H2,1H3,(H,13,14). The van der Waals surface area contributed by atoms with Crippen LogP contribution in [0, 0.1) is 0 Å². The molecule has 6 nitrogen and oxygen atoms in total. The molecule has 0 radical (unpaired) electrons. The number of anilines is 1.